The Morgan fingerprint density at radius 2 is 2.20 bits per heavy atom. The van der Waals surface area contributed by atoms with Crippen molar-refractivity contribution in [3.8, 4) is 0 Å². The first-order valence-electron chi connectivity index (χ1n) is 3.62. The molecule has 1 saturated heterocycles. The molecule has 1 aliphatic carbocycles. The third kappa shape index (κ3) is 1.51. The average Bonchev–Trinajstić information content (AvgIpc) is 2.21. The fourth-order valence-corrected chi connectivity index (χ4v) is 1.44. The second kappa shape index (κ2) is 3.37. The van der Waals surface area contributed by atoms with Crippen molar-refractivity contribution in [3.63, 3.8) is 0 Å². The van der Waals surface area contributed by atoms with E-state index in [9.17, 15) is 0 Å². The number of nitrogens with two attached hydrogens (primary N) is 1. The summed E-state index contributed by atoms with van der Waals surface area (Å²) in [4.78, 5) is 5.39. The number of fused-ring (bicyclic) bond motifs is 3. The van der Waals surface area contributed by atoms with Crippen LogP contribution >= 0.6 is 0 Å². The van der Waals surface area contributed by atoms with Gasteiger partial charge in [-0.15, -0.1) is 0 Å². The van der Waals surface area contributed by atoms with Gasteiger partial charge in [0, 0.05) is 6.42 Å². The van der Waals surface area contributed by atoms with Crippen LogP contribution in [-0.4, -0.2) is 12.1 Å². The molecule has 0 radical (unpaired) electrons. The molecule has 2 nitrogen and oxygen atoms in total. The molecule has 10 heavy (non-hydrogen) atoms. The maximum absolute atomic E-state index is 5.39. The van der Waals surface area contributed by atoms with E-state index in [1.165, 1.54) is 19.3 Å². The molecule has 0 aromatic carbocycles. The summed E-state index contributed by atoms with van der Waals surface area (Å²) in [7, 11) is 0. The van der Waals surface area contributed by atoms with Gasteiger partial charge in [0.1, 0.15) is 12.1 Å². The molecule has 0 amide bonds. The van der Waals surface area contributed by atoms with E-state index in [2.05, 4.69) is 12.2 Å². The molecule has 0 unspecified atom stereocenters. The number of rotatable bonds is 0. The molecule has 0 aromatic heterocycles. The molecule has 3 heteroatoms. The van der Waals surface area contributed by atoms with E-state index in [1.807, 2.05) is 5.48 Å². The first-order valence-corrected chi connectivity index (χ1v) is 3.62. The molecule has 2 N–H and O–H groups in total. The number of quaternary nitrogens is 1. The van der Waals surface area contributed by atoms with Crippen LogP contribution in [-0.2, 0) is 4.84 Å². The molecule has 58 valence electrons. The fraction of sp³-hybridized carbons (Fsp3) is 0.714. The van der Waals surface area contributed by atoms with E-state index in [1.54, 1.807) is 0 Å². The highest BCUT2D eigenvalue weighted by Crippen LogP contribution is 2.14. The lowest BCUT2D eigenvalue weighted by Crippen LogP contribution is -3.00. The second-order valence-corrected chi connectivity index (χ2v) is 2.79. The summed E-state index contributed by atoms with van der Waals surface area (Å²) < 4.78 is 0. The summed E-state index contributed by atoms with van der Waals surface area (Å²) in [5.41, 5.74) is 1.98. The van der Waals surface area contributed by atoms with Gasteiger partial charge in [0.2, 0.25) is 0 Å². The molecule has 1 fully saturated rings. The number of halogens is 1. The highest BCUT2D eigenvalue weighted by atomic mass is 35.5. The van der Waals surface area contributed by atoms with Gasteiger partial charge in [-0.2, -0.15) is 10.3 Å². The first kappa shape index (κ1) is 8.05. The van der Waals surface area contributed by atoms with Crippen LogP contribution in [0.5, 0.6) is 0 Å². The lowest BCUT2D eigenvalue weighted by atomic mass is 10.2. The predicted molar refractivity (Wildman–Crippen MR) is 33.6 cm³/mol. The van der Waals surface area contributed by atoms with Crippen molar-refractivity contribution in [2.45, 2.75) is 31.4 Å². The molecule has 0 aromatic rings. The van der Waals surface area contributed by atoms with E-state index in [4.69, 9.17) is 4.84 Å². The van der Waals surface area contributed by atoms with Crippen molar-refractivity contribution < 1.29 is 22.7 Å². The van der Waals surface area contributed by atoms with E-state index in [-0.39, 0.29) is 12.4 Å². The van der Waals surface area contributed by atoms with Gasteiger partial charge >= 0.3 is 0 Å². The van der Waals surface area contributed by atoms with Gasteiger partial charge in [0.15, 0.2) is 0 Å². The number of hydroxylamine groups is 1. The summed E-state index contributed by atoms with van der Waals surface area (Å²) in [5.74, 6) is 0. The Bertz CT molecular complexity index is 120. The maximum atomic E-state index is 5.39. The Balaban J connectivity index is 0.000000500. The second-order valence-electron chi connectivity index (χ2n) is 2.79. The summed E-state index contributed by atoms with van der Waals surface area (Å²) >= 11 is 0. The Labute approximate surface area is 67.0 Å². The van der Waals surface area contributed by atoms with Crippen LogP contribution in [0.2, 0.25) is 0 Å². The minimum Gasteiger partial charge on any atom is -1.00 e. The van der Waals surface area contributed by atoms with Crippen LogP contribution in [0.15, 0.2) is 12.2 Å². The van der Waals surface area contributed by atoms with E-state index >= 15 is 0 Å². The number of hydrogen-bond acceptors (Lipinski definition) is 1. The molecule has 3 aliphatic rings. The normalized spacial score (nSPS) is 36.8. The van der Waals surface area contributed by atoms with Crippen molar-refractivity contribution in [2.75, 3.05) is 0 Å². The summed E-state index contributed by atoms with van der Waals surface area (Å²) in [6, 6.07) is 0.615. The Morgan fingerprint density at radius 1 is 1.30 bits per heavy atom. The van der Waals surface area contributed by atoms with Gasteiger partial charge in [-0.1, -0.05) is 0 Å². The summed E-state index contributed by atoms with van der Waals surface area (Å²) in [6.07, 6.45) is 8.68. The molecule has 2 heterocycles. The zero-order valence-corrected chi connectivity index (χ0v) is 6.55. The lowest BCUT2D eigenvalue weighted by molar-refractivity contribution is -0.918. The van der Waals surface area contributed by atoms with Gasteiger partial charge in [-0.3, -0.25) is 0 Å². The van der Waals surface area contributed by atoms with E-state index in [0.717, 1.165) is 0 Å². The van der Waals surface area contributed by atoms with Crippen molar-refractivity contribution in [2.24, 2.45) is 0 Å². The van der Waals surface area contributed by atoms with Crippen molar-refractivity contribution in [1.29, 1.82) is 0 Å². The molecule has 0 spiro atoms. The van der Waals surface area contributed by atoms with E-state index < -0.39 is 0 Å². The third-order valence-corrected chi connectivity index (χ3v) is 2.03. The summed E-state index contributed by atoms with van der Waals surface area (Å²) in [6.45, 7) is 0. The maximum Gasteiger partial charge on any atom is 0.135 e. The first-order chi connectivity index (χ1) is 4.45. The Kier molecular flexibility index (Phi) is 2.72. The fourth-order valence-electron chi connectivity index (χ4n) is 1.44. The Hall–Kier alpha value is -0.0500. The molecule has 2 atom stereocenters. The molecule has 2 bridgehead atoms. The van der Waals surface area contributed by atoms with Crippen molar-refractivity contribution in [1.82, 2.24) is 0 Å². The predicted octanol–water partition coefficient (Wildman–Crippen LogP) is -3.02. The SMILES string of the molecule is C1=C[C@H]2CCC[C@@H]1O[NH2+]2.[Cl-]. The average molecular weight is 162 g/mol. The molecular formula is C7H12ClNO. The zero-order valence-electron chi connectivity index (χ0n) is 5.79. The zero-order chi connectivity index (χ0) is 6.10. The minimum absolute atomic E-state index is 0. The van der Waals surface area contributed by atoms with Crippen molar-refractivity contribution in [3.05, 3.63) is 12.2 Å². The van der Waals surface area contributed by atoms with Crippen LogP contribution in [0, 0.1) is 0 Å². The Morgan fingerprint density at radius 3 is 2.90 bits per heavy atom. The third-order valence-electron chi connectivity index (χ3n) is 2.03. The van der Waals surface area contributed by atoms with Crippen LogP contribution in [0.3, 0.4) is 0 Å². The molecule has 0 saturated carbocycles. The van der Waals surface area contributed by atoms with Crippen LogP contribution < -0.4 is 17.9 Å². The molecule has 3 rings (SSSR count). The standard InChI is InChI=1S/C7H11NO.ClH/c1-2-6-4-5-7(3-1)9-8-6;/h4-8H,1-3H2;1H/t6-,7+;/m1./s1. The molecule has 2 aliphatic heterocycles. The van der Waals surface area contributed by atoms with Gasteiger partial charge in [0.25, 0.3) is 0 Å². The quantitative estimate of drug-likeness (QED) is 0.376. The topological polar surface area (TPSA) is 25.8 Å². The van der Waals surface area contributed by atoms with Gasteiger partial charge < -0.3 is 12.4 Å². The van der Waals surface area contributed by atoms with Crippen LogP contribution in [0.1, 0.15) is 19.3 Å². The highest BCUT2D eigenvalue weighted by Gasteiger charge is 2.23. The highest BCUT2D eigenvalue weighted by molar-refractivity contribution is 4.97. The van der Waals surface area contributed by atoms with E-state index in [0.29, 0.717) is 12.1 Å². The van der Waals surface area contributed by atoms with Crippen LogP contribution in [0.4, 0.5) is 0 Å². The monoisotopic (exact) mass is 161 g/mol. The smallest absolute Gasteiger partial charge is 0.135 e. The number of hydrogen-bond donors (Lipinski definition) is 1. The largest absolute Gasteiger partial charge is 1.00 e. The van der Waals surface area contributed by atoms with Gasteiger partial charge in [0.05, 0.1) is 0 Å². The lowest BCUT2D eigenvalue weighted by Gasteiger charge is -2.13. The van der Waals surface area contributed by atoms with Gasteiger partial charge in [-0.25, -0.2) is 0 Å². The summed E-state index contributed by atoms with van der Waals surface area (Å²) in [5, 5.41) is 0. The molecular weight excluding hydrogens is 150 g/mol. The van der Waals surface area contributed by atoms with Crippen molar-refractivity contribution >= 4 is 0 Å². The minimum atomic E-state index is 0. The van der Waals surface area contributed by atoms with Gasteiger partial charge in [-0.05, 0) is 25.0 Å². The van der Waals surface area contributed by atoms with Crippen LogP contribution in [0.25, 0.3) is 0 Å².